The summed E-state index contributed by atoms with van der Waals surface area (Å²) in [5.74, 6) is 0.0603. The van der Waals surface area contributed by atoms with Gasteiger partial charge >= 0.3 is 14.1 Å². The Labute approximate surface area is 301 Å². The topological polar surface area (TPSA) is 212 Å². The molecule has 1 aliphatic heterocycles. The zero-order chi connectivity index (χ0) is 37.2. The Bertz CT molecular complexity index is 2090. The largest absolute Gasteiger partial charge is 0.575 e. The number of carbonyl (C=O) groups excluding carboxylic acids is 1. The number of rotatable bonds is 12. The lowest BCUT2D eigenvalue weighted by Gasteiger charge is -2.27. The van der Waals surface area contributed by atoms with Crippen LogP contribution in [-0.4, -0.2) is 72.8 Å². The molecule has 1 aliphatic rings. The van der Waals surface area contributed by atoms with E-state index in [2.05, 4.69) is 25.0 Å². The van der Waals surface area contributed by atoms with Gasteiger partial charge in [0.1, 0.15) is 24.4 Å². The number of aliphatic hydroxyl groups excluding tert-OH is 1. The molecule has 0 saturated carbocycles. The van der Waals surface area contributed by atoms with Crippen LogP contribution >= 0.6 is 8.17 Å². The molecule has 52 heavy (non-hydrogen) atoms. The second-order valence-electron chi connectivity index (χ2n) is 14.0. The van der Waals surface area contributed by atoms with E-state index >= 15 is 0 Å². The Hall–Kier alpha value is -4.92. The van der Waals surface area contributed by atoms with Crippen molar-refractivity contribution in [2.45, 2.75) is 71.2 Å². The van der Waals surface area contributed by atoms with Gasteiger partial charge in [0.2, 0.25) is 11.7 Å². The summed E-state index contributed by atoms with van der Waals surface area (Å²) in [6, 6.07) is 19.4. The molecule has 0 radical (unpaired) electrons. The minimum absolute atomic E-state index is 0.0204. The average molecular weight is 732 g/mol. The highest BCUT2D eigenvalue weighted by Crippen LogP contribution is 2.43. The van der Waals surface area contributed by atoms with Crippen LogP contribution < -0.4 is 25.2 Å². The molecule has 15 nitrogen and oxygen atoms in total. The van der Waals surface area contributed by atoms with Crippen LogP contribution in [0.3, 0.4) is 0 Å². The second-order valence-corrected chi connectivity index (χ2v) is 14.9. The molecule has 0 bridgehead atoms. The summed E-state index contributed by atoms with van der Waals surface area (Å²) >= 11 is 0. The lowest BCUT2D eigenvalue weighted by atomic mass is 9.96. The standard InChI is InChI=1S/C36H42N7O8P/c1-21(32(45)49-19-35(2,3)4)42-52(47)51-28-24-14-10-9-13-23(24)15-16-25(28)48-18-26-29(44)36(5,46)33(50-26)43-20-39-27-30(40-34(37)41-31(27)43)38-17-22-11-7-6-8-12-22/h6-16,20-21,26,29,33,44,46H,17-19H2,1-5H3,(H3,37,38,40,41)/t21-,26+,29+,33+,36+/m0/s1. The highest BCUT2D eigenvalue weighted by Gasteiger charge is 2.54. The Morgan fingerprint density at radius 1 is 1.15 bits per heavy atom. The summed E-state index contributed by atoms with van der Waals surface area (Å²) in [5.41, 5.74) is 5.72. The van der Waals surface area contributed by atoms with Gasteiger partial charge < -0.3 is 40.4 Å². The molecule has 3 aromatic carbocycles. The number of fused-ring (bicyclic) bond motifs is 2. The molecule has 0 amide bonds. The molecule has 2 aromatic heterocycles. The third-order valence-electron chi connectivity index (χ3n) is 8.42. The van der Waals surface area contributed by atoms with E-state index in [1.807, 2.05) is 63.2 Å². The first-order valence-corrected chi connectivity index (χ1v) is 17.8. The molecule has 5 aromatic rings. The number of anilines is 2. The van der Waals surface area contributed by atoms with E-state index in [4.69, 9.17) is 24.5 Å². The minimum Gasteiger partial charge on any atom is -0.575 e. The molecule has 1 saturated heterocycles. The Morgan fingerprint density at radius 2 is 1.88 bits per heavy atom. The molecular formula is C36H42N7O8P. The van der Waals surface area contributed by atoms with Crippen molar-refractivity contribution in [1.29, 1.82) is 0 Å². The van der Waals surface area contributed by atoms with Crippen LogP contribution in [0.2, 0.25) is 0 Å². The predicted octanol–water partition coefficient (Wildman–Crippen LogP) is 4.47. The first-order valence-electron chi connectivity index (χ1n) is 16.7. The van der Waals surface area contributed by atoms with E-state index in [0.29, 0.717) is 23.3 Å². The van der Waals surface area contributed by atoms with E-state index in [0.717, 1.165) is 10.9 Å². The summed E-state index contributed by atoms with van der Waals surface area (Å²) in [6.07, 6.45) is -2.15. The highest BCUT2D eigenvalue weighted by atomic mass is 31.1. The smallest absolute Gasteiger partial charge is 0.395 e. The number of nitrogen functional groups attached to an aromatic ring is 1. The van der Waals surface area contributed by atoms with E-state index in [-0.39, 0.29) is 41.7 Å². The zero-order valence-electron chi connectivity index (χ0n) is 29.5. The average Bonchev–Trinajstić information content (AvgIpc) is 3.62. The van der Waals surface area contributed by atoms with Crippen LogP contribution in [0.25, 0.3) is 21.9 Å². The molecule has 6 rings (SSSR count). The SMILES string of the molecule is C[C@H](N=[P+]([O-])Oc1c(OC[C@H]2O[C@@H](n3cnc4c(NCc5ccccc5)nc(N)nc43)[C@](C)(O)[C@@H]2O)ccc2ccccc12)C(=O)OCC(C)(C)C. The number of aliphatic hydroxyl groups is 2. The van der Waals surface area contributed by atoms with Crippen LogP contribution in [0.5, 0.6) is 11.5 Å². The van der Waals surface area contributed by atoms with Gasteiger partial charge in [0.05, 0.1) is 12.9 Å². The number of carbonyl (C=O) groups is 1. The van der Waals surface area contributed by atoms with Gasteiger partial charge in [-0.15, -0.1) is 0 Å². The van der Waals surface area contributed by atoms with Crippen LogP contribution in [0.4, 0.5) is 11.8 Å². The maximum absolute atomic E-state index is 13.1. The summed E-state index contributed by atoms with van der Waals surface area (Å²) in [6.45, 7) is 9.11. The number of hydrogen-bond acceptors (Lipinski definition) is 14. The number of nitrogens with two attached hydrogens (primary N) is 1. The Morgan fingerprint density at radius 3 is 2.63 bits per heavy atom. The molecule has 1 fully saturated rings. The van der Waals surface area contributed by atoms with Crippen molar-refractivity contribution in [2.24, 2.45) is 10.2 Å². The monoisotopic (exact) mass is 731 g/mol. The number of aromatic nitrogens is 4. The third-order valence-corrected chi connectivity index (χ3v) is 9.29. The molecule has 16 heteroatoms. The number of benzene rings is 3. The Kier molecular flexibility index (Phi) is 10.6. The molecule has 1 unspecified atom stereocenters. The lowest BCUT2D eigenvalue weighted by Crippen LogP contribution is -2.44. The van der Waals surface area contributed by atoms with Crippen LogP contribution in [-0.2, 0) is 20.8 Å². The third kappa shape index (κ3) is 8.09. The van der Waals surface area contributed by atoms with E-state index in [9.17, 15) is 19.9 Å². The fourth-order valence-electron chi connectivity index (χ4n) is 5.69. The summed E-state index contributed by atoms with van der Waals surface area (Å²) in [7, 11) is -2.74. The van der Waals surface area contributed by atoms with Crippen molar-refractivity contribution >= 4 is 47.8 Å². The van der Waals surface area contributed by atoms with Crippen LogP contribution in [0.15, 0.2) is 77.8 Å². The summed E-state index contributed by atoms with van der Waals surface area (Å²) < 4.78 is 29.0. The number of ether oxygens (including phenoxy) is 3. The van der Waals surface area contributed by atoms with Crippen molar-refractivity contribution in [3.8, 4) is 11.5 Å². The maximum Gasteiger partial charge on any atom is 0.395 e. The van der Waals surface area contributed by atoms with Gasteiger partial charge in [-0.2, -0.15) is 9.97 Å². The van der Waals surface area contributed by atoms with Crippen LogP contribution in [0, 0.1) is 5.41 Å². The number of nitrogens with zero attached hydrogens (tertiary/aromatic N) is 5. The first kappa shape index (κ1) is 36.9. The van der Waals surface area contributed by atoms with Gasteiger partial charge in [-0.3, -0.25) is 9.09 Å². The molecule has 0 aliphatic carbocycles. The van der Waals surface area contributed by atoms with Gasteiger partial charge in [-0.25, -0.2) is 9.78 Å². The van der Waals surface area contributed by atoms with Gasteiger partial charge in [0.25, 0.3) is 0 Å². The van der Waals surface area contributed by atoms with Crippen molar-refractivity contribution in [3.63, 3.8) is 0 Å². The van der Waals surface area contributed by atoms with E-state index in [1.165, 1.54) is 24.7 Å². The van der Waals surface area contributed by atoms with E-state index in [1.54, 1.807) is 24.3 Å². The zero-order valence-corrected chi connectivity index (χ0v) is 30.4. The number of imidazole rings is 1. The molecule has 0 spiro atoms. The lowest BCUT2D eigenvalue weighted by molar-refractivity contribution is -0.169. The molecule has 6 atom stereocenters. The molecular weight excluding hydrogens is 689 g/mol. The fourth-order valence-corrected chi connectivity index (χ4v) is 6.46. The fraction of sp³-hybridized carbons (Fsp3) is 0.389. The van der Waals surface area contributed by atoms with Crippen molar-refractivity contribution in [3.05, 3.63) is 78.6 Å². The van der Waals surface area contributed by atoms with Crippen molar-refractivity contribution in [2.75, 3.05) is 24.3 Å². The van der Waals surface area contributed by atoms with Crippen LogP contribution in [0.1, 0.15) is 46.4 Å². The number of hydrogen-bond donors (Lipinski definition) is 4. The quantitative estimate of drug-likeness (QED) is 0.103. The highest BCUT2D eigenvalue weighted by molar-refractivity contribution is 7.34. The predicted molar refractivity (Wildman–Crippen MR) is 193 cm³/mol. The summed E-state index contributed by atoms with van der Waals surface area (Å²) in [4.78, 5) is 38.8. The molecule has 5 N–H and O–H groups in total. The molecule has 3 heterocycles. The van der Waals surface area contributed by atoms with Gasteiger partial charge in [-0.1, -0.05) is 86.2 Å². The normalized spacial score (nSPS) is 21.3. The van der Waals surface area contributed by atoms with Crippen molar-refractivity contribution < 1.29 is 38.6 Å². The van der Waals surface area contributed by atoms with Gasteiger partial charge in [-0.05, 0) is 36.3 Å². The minimum atomic E-state index is -2.74. The summed E-state index contributed by atoms with van der Waals surface area (Å²) in [5, 5.41) is 27.4. The molecule has 274 valence electrons. The first-order chi connectivity index (χ1) is 24.7. The van der Waals surface area contributed by atoms with Gasteiger partial charge in [0.15, 0.2) is 35.0 Å². The maximum atomic E-state index is 13.1. The Balaban J connectivity index is 1.21. The number of esters is 1. The van der Waals surface area contributed by atoms with E-state index < -0.39 is 44.2 Å². The second kappa shape index (κ2) is 15.0. The van der Waals surface area contributed by atoms with Crippen molar-refractivity contribution in [1.82, 2.24) is 19.5 Å². The number of nitrogens with one attached hydrogen (secondary N) is 1. The van der Waals surface area contributed by atoms with Gasteiger partial charge in [0, 0.05) is 11.9 Å².